The predicted octanol–water partition coefficient (Wildman–Crippen LogP) is 1.19. The highest BCUT2D eigenvalue weighted by Gasteiger charge is 2.37. The van der Waals surface area contributed by atoms with Crippen molar-refractivity contribution in [3.8, 4) is 0 Å². The summed E-state index contributed by atoms with van der Waals surface area (Å²) in [6.07, 6.45) is 3.92. The molecule has 5 heteroatoms. The topological polar surface area (TPSA) is 49.4 Å². The average Bonchev–Trinajstić information content (AvgIpc) is 3.10. The molecule has 0 atom stereocenters. The molecule has 17 heavy (non-hydrogen) atoms. The van der Waals surface area contributed by atoms with Gasteiger partial charge in [0.05, 0.1) is 5.25 Å². The van der Waals surface area contributed by atoms with Crippen molar-refractivity contribution in [2.24, 2.45) is 5.92 Å². The quantitative estimate of drug-likeness (QED) is 0.808. The molecule has 2 aliphatic rings. The number of piperidine rings is 1. The van der Waals surface area contributed by atoms with Crippen LogP contribution in [0, 0.1) is 5.92 Å². The maximum Gasteiger partial charge on any atom is 0.217 e. The highest BCUT2D eigenvalue weighted by Crippen LogP contribution is 2.32. The summed E-state index contributed by atoms with van der Waals surface area (Å²) in [4.78, 5) is 0. The van der Waals surface area contributed by atoms with E-state index in [-0.39, 0.29) is 11.3 Å². The lowest BCUT2D eigenvalue weighted by atomic mass is 10.2. The molecular formula is C12H24N2O2S. The van der Waals surface area contributed by atoms with Gasteiger partial charge in [0.2, 0.25) is 10.0 Å². The summed E-state index contributed by atoms with van der Waals surface area (Å²) in [5.41, 5.74) is 0. The molecule has 1 aliphatic carbocycles. The van der Waals surface area contributed by atoms with E-state index >= 15 is 0 Å². The van der Waals surface area contributed by atoms with Crippen molar-refractivity contribution in [2.45, 2.75) is 50.8 Å². The largest absolute Gasteiger partial charge is 0.317 e. The third-order valence-electron chi connectivity index (χ3n) is 3.75. The average molecular weight is 260 g/mol. The maximum atomic E-state index is 12.6. The van der Waals surface area contributed by atoms with E-state index in [9.17, 15) is 8.42 Å². The van der Waals surface area contributed by atoms with E-state index in [4.69, 9.17) is 0 Å². The smallest absolute Gasteiger partial charge is 0.217 e. The van der Waals surface area contributed by atoms with Crippen molar-refractivity contribution in [1.82, 2.24) is 9.62 Å². The van der Waals surface area contributed by atoms with Gasteiger partial charge >= 0.3 is 0 Å². The van der Waals surface area contributed by atoms with Gasteiger partial charge in [-0.05, 0) is 58.5 Å². The Kier molecular flexibility index (Phi) is 4.10. The Morgan fingerprint density at radius 1 is 1.18 bits per heavy atom. The Bertz CT molecular complexity index is 344. The van der Waals surface area contributed by atoms with E-state index in [0.717, 1.165) is 32.5 Å². The molecule has 0 aromatic heterocycles. The van der Waals surface area contributed by atoms with Gasteiger partial charge in [0, 0.05) is 12.6 Å². The number of rotatable bonds is 5. The fraction of sp³-hybridized carbons (Fsp3) is 1.00. The highest BCUT2D eigenvalue weighted by molar-refractivity contribution is 7.89. The highest BCUT2D eigenvalue weighted by atomic mass is 32.2. The molecule has 0 radical (unpaired) electrons. The van der Waals surface area contributed by atoms with Crippen molar-refractivity contribution in [3.05, 3.63) is 0 Å². The lowest BCUT2D eigenvalue weighted by molar-refractivity contribution is 0.330. The molecule has 0 spiro atoms. The molecule has 0 amide bonds. The minimum absolute atomic E-state index is 0.0930. The molecule has 0 unspecified atom stereocenters. The second kappa shape index (κ2) is 5.24. The molecule has 1 saturated carbocycles. The first-order valence-corrected chi connectivity index (χ1v) is 8.23. The number of hydrogen-bond acceptors (Lipinski definition) is 3. The third-order valence-corrected chi connectivity index (χ3v) is 6.28. The standard InChI is InChI=1S/C12H24N2O2S/c1-10(2)14(9-11-3-4-11)17(15,16)12-5-7-13-8-6-12/h10-13H,3-9H2,1-2H3. The number of nitrogens with zero attached hydrogens (tertiary/aromatic N) is 1. The molecule has 1 aliphatic heterocycles. The summed E-state index contributed by atoms with van der Waals surface area (Å²) in [5.74, 6) is 0.619. The summed E-state index contributed by atoms with van der Waals surface area (Å²) in [6.45, 7) is 6.38. The van der Waals surface area contributed by atoms with Crippen LogP contribution in [0.5, 0.6) is 0 Å². The molecular weight excluding hydrogens is 236 g/mol. The molecule has 1 N–H and O–H groups in total. The molecule has 0 aromatic carbocycles. The Morgan fingerprint density at radius 3 is 2.24 bits per heavy atom. The van der Waals surface area contributed by atoms with Gasteiger partial charge in [0.15, 0.2) is 0 Å². The van der Waals surface area contributed by atoms with Crippen LogP contribution in [-0.4, -0.2) is 43.6 Å². The van der Waals surface area contributed by atoms with Gasteiger partial charge in [0.1, 0.15) is 0 Å². The van der Waals surface area contributed by atoms with Crippen LogP contribution >= 0.6 is 0 Å². The normalized spacial score (nSPS) is 23.5. The molecule has 4 nitrogen and oxygen atoms in total. The molecule has 0 aromatic rings. The van der Waals surface area contributed by atoms with Crippen LogP contribution in [-0.2, 0) is 10.0 Å². The van der Waals surface area contributed by atoms with Crippen LogP contribution in [0.1, 0.15) is 39.5 Å². The molecule has 1 saturated heterocycles. The zero-order valence-corrected chi connectivity index (χ0v) is 11.7. The first-order valence-electron chi connectivity index (χ1n) is 6.73. The van der Waals surface area contributed by atoms with Gasteiger partial charge in [-0.2, -0.15) is 4.31 Å². The second-order valence-electron chi connectivity index (χ2n) is 5.60. The van der Waals surface area contributed by atoms with Crippen molar-refractivity contribution >= 4 is 10.0 Å². The monoisotopic (exact) mass is 260 g/mol. The van der Waals surface area contributed by atoms with Gasteiger partial charge in [-0.3, -0.25) is 0 Å². The molecule has 2 fully saturated rings. The zero-order chi connectivity index (χ0) is 12.5. The van der Waals surface area contributed by atoms with E-state index < -0.39 is 10.0 Å². The van der Waals surface area contributed by atoms with E-state index in [1.54, 1.807) is 4.31 Å². The van der Waals surface area contributed by atoms with Gasteiger partial charge in [0.25, 0.3) is 0 Å². The third kappa shape index (κ3) is 3.20. The van der Waals surface area contributed by atoms with Crippen molar-refractivity contribution in [3.63, 3.8) is 0 Å². The minimum atomic E-state index is -3.09. The van der Waals surface area contributed by atoms with Crippen LogP contribution in [0.25, 0.3) is 0 Å². The van der Waals surface area contributed by atoms with Gasteiger partial charge in [-0.25, -0.2) is 8.42 Å². The Morgan fingerprint density at radius 2 is 1.76 bits per heavy atom. The van der Waals surface area contributed by atoms with E-state index in [1.807, 2.05) is 13.8 Å². The fourth-order valence-electron chi connectivity index (χ4n) is 2.45. The number of hydrogen-bond donors (Lipinski definition) is 1. The van der Waals surface area contributed by atoms with Crippen molar-refractivity contribution in [1.29, 1.82) is 0 Å². The molecule has 2 rings (SSSR count). The van der Waals surface area contributed by atoms with Crippen LogP contribution in [0.3, 0.4) is 0 Å². The summed E-state index contributed by atoms with van der Waals surface area (Å²) in [6, 6.07) is 0.0930. The van der Waals surface area contributed by atoms with E-state index in [1.165, 1.54) is 12.8 Å². The lowest BCUT2D eigenvalue weighted by Crippen LogP contribution is -2.47. The van der Waals surface area contributed by atoms with Crippen LogP contribution in [0.2, 0.25) is 0 Å². The first-order chi connectivity index (χ1) is 8.01. The minimum Gasteiger partial charge on any atom is -0.317 e. The molecule has 1 heterocycles. The van der Waals surface area contributed by atoms with Gasteiger partial charge in [-0.15, -0.1) is 0 Å². The SMILES string of the molecule is CC(C)N(CC1CC1)S(=O)(=O)C1CCNCC1. The Hall–Kier alpha value is -0.130. The van der Waals surface area contributed by atoms with E-state index in [2.05, 4.69) is 5.32 Å². The summed E-state index contributed by atoms with van der Waals surface area (Å²) in [7, 11) is -3.09. The van der Waals surface area contributed by atoms with Gasteiger partial charge in [-0.1, -0.05) is 0 Å². The van der Waals surface area contributed by atoms with E-state index in [0.29, 0.717) is 5.92 Å². The van der Waals surface area contributed by atoms with Crippen LogP contribution in [0.15, 0.2) is 0 Å². The van der Waals surface area contributed by atoms with Crippen molar-refractivity contribution < 1.29 is 8.42 Å². The summed E-state index contributed by atoms with van der Waals surface area (Å²) >= 11 is 0. The second-order valence-corrected chi connectivity index (χ2v) is 7.77. The zero-order valence-electron chi connectivity index (χ0n) is 10.9. The van der Waals surface area contributed by atoms with Crippen LogP contribution < -0.4 is 5.32 Å². The van der Waals surface area contributed by atoms with Gasteiger partial charge < -0.3 is 5.32 Å². The first kappa shape index (κ1) is 13.3. The summed E-state index contributed by atoms with van der Waals surface area (Å²) in [5, 5.41) is 3.06. The molecule has 100 valence electrons. The number of nitrogens with one attached hydrogen (secondary N) is 1. The van der Waals surface area contributed by atoms with Crippen LogP contribution in [0.4, 0.5) is 0 Å². The lowest BCUT2D eigenvalue weighted by Gasteiger charge is -2.32. The summed E-state index contributed by atoms with van der Waals surface area (Å²) < 4.78 is 26.9. The van der Waals surface area contributed by atoms with Crippen molar-refractivity contribution in [2.75, 3.05) is 19.6 Å². The molecule has 0 bridgehead atoms. The maximum absolute atomic E-state index is 12.6. The number of sulfonamides is 1. The predicted molar refractivity (Wildman–Crippen MR) is 69.4 cm³/mol. The Balaban J connectivity index is 2.08. The Labute approximate surface area is 105 Å². The fourth-order valence-corrected chi connectivity index (χ4v) is 4.67.